The van der Waals surface area contributed by atoms with Gasteiger partial charge in [0.1, 0.15) is 5.56 Å². The van der Waals surface area contributed by atoms with E-state index in [0.29, 0.717) is 17.4 Å². The number of nitrogens with one attached hydrogen (secondary N) is 2. The molecular weight excluding hydrogens is 292 g/mol. The number of aryl methyl sites for hydroxylation is 2. The van der Waals surface area contributed by atoms with Crippen LogP contribution in [-0.4, -0.2) is 20.7 Å². The summed E-state index contributed by atoms with van der Waals surface area (Å²) in [5.74, 6) is 0.105. The summed E-state index contributed by atoms with van der Waals surface area (Å²) in [7, 11) is 0. The van der Waals surface area contributed by atoms with Gasteiger partial charge in [-0.15, -0.1) is 0 Å². The van der Waals surface area contributed by atoms with Gasteiger partial charge in [0, 0.05) is 29.7 Å². The average molecular weight is 314 g/mol. The van der Waals surface area contributed by atoms with E-state index < -0.39 is 5.91 Å². The van der Waals surface area contributed by atoms with E-state index in [9.17, 15) is 9.59 Å². The summed E-state index contributed by atoms with van der Waals surface area (Å²) < 4.78 is 1.96. The Morgan fingerprint density at radius 3 is 2.70 bits per heavy atom. The van der Waals surface area contributed by atoms with Crippen LogP contribution in [0.4, 0.5) is 5.82 Å². The molecule has 2 aromatic rings. The molecule has 0 aliphatic heterocycles. The predicted octanol–water partition coefficient (Wildman–Crippen LogP) is 2.95. The molecule has 0 atom stereocenters. The van der Waals surface area contributed by atoms with Crippen LogP contribution in [0.5, 0.6) is 0 Å². The van der Waals surface area contributed by atoms with Gasteiger partial charge in [-0.2, -0.15) is 5.10 Å². The maximum absolute atomic E-state index is 12.3. The molecule has 0 saturated heterocycles. The van der Waals surface area contributed by atoms with Crippen LogP contribution in [0.15, 0.2) is 23.4 Å². The molecule has 0 bridgehead atoms. The summed E-state index contributed by atoms with van der Waals surface area (Å²) in [6.07, 6.45) is 11.0. The molecule has 1 aliphatic rings. The first kappa shape index (κ1) is 15.5. The number of H-pyrrole nitrogens is 1. The van der Waals surface area contributed by atoms with E-state index in [0.717, 1.165) is 18.4 Å². The minimum atomic E-state index is -0.424. The summed E-state index contributed by atoms with van der Waals surface area (Å²) in [4.78, 5) is 27.2. The van der Waals surface area contributed by atoms with Gasteiger partial charge in [0.05, 0.1) is 6.04 Å². The molecule has 122 valence electrons. The molecule has 0 unspecified atom stereocenters. The Morgan fingerprint density at radius 2 is 1.96 bits per heavy atom. The molecule has 23 heavy (non-hydrogen) atoms. The quantitative estimate of drug-likeness (QED) is 0.914. The second-order valence-corrected chi connectivity index (χ2v) is 6.27. The molecule has 2 aromatic heterocycles. The van der Waals surface area contributed by atoms with Gasteiger partial charge < -0.3 is 10.3 Å². The number of rotatable bonds is 3. The van der Waals surface area contributed by atoms with Gasteiger partial charge in [-0.3, -0.25) is 14.3 Å². The molecule has 3 rings (SSSR count). The summed E-state index contributed by atoms with van der Waals surface area (Å²) in [6.45, 7) is 3.60. The lowest BCUT2D eigenvalue weighted by atomic mass is 9.96. The zero-order valence-corrected chi connectivity index (χ0v) is 13.6. The minimum Gasteiger partial charge on any atom is -0.366 e. The third kappa shape index (κ3) is 3.21. The monoisotopic (exact) mass is 314 g/mol. The Morgan fingerprint density at radius 1 is 1.22 bits per heavy atom. The van der Waals surface area contributed by atoms with Crippen molar-refractivity contribution in [3.05, 3.63) is 45.5 Å². The highest BCUT2D eigenvalue weighted by Gasteiger charge is 2.19. The maximum Gasteiger partial charge on any atom is 0.262 e. The molecule has 1 saturated carbocycles. The lowest BCUT2D eigenvalue weighted by Crippen LogP contribution is -2.23. The molecule has 1 amide bonds. The number of anilines is 1. The van der Waals surface area contributed by atoms with Crippen molar-refractivity contribution in [2.75, 3.05) is 5.32 Å². The van der Waals surface area contributed by atoms with Gasteiger partial charge in [-0.25, -0.2) is 0 Å². The van der Waals surface area contributed by atoms with E-state index in [1.807, 2.05) is 17.8 Å². The molecule has 0 radical (unpaired) electrons. The number of aromatic amines is 1. The normalized spacial score (nSPS) is 15.6. The van der Waals surface area contributed by atoms with Crippen molar-refractivity contribution in [3.63, 3.8) is 0 Å². The van der Waals surface area contributed by atoms with E-state index >= 15 is 0 Å². The highest BCUT2D eigenvalue weighted by atomic mass is 16.2. The first-order valence-electron chi connectivity index (χ1n) is 8.11. The molecule has 6 nitrogen and oxygen atoms in total. The van der Waals surface area contributed by atoms with Gasteiger partial charge in [0.15, 0.2) is 11.2 Å². The zero-order chi connectivity index (χ0) is 16.4. The number of carbonyl (C=O) groups is 1. The van der Waals surface area contributed by atoms with Crippen molar-refractivity contribution in [3.8, 4) is 0 Å². The van der Waals surface area contributed by atoms with Crippen LogP contribution in [0.2, 0.25) is 0 Å². The van der Waals surface area contributed by atoms with Gasteiger partial charge in [0.25, 0.3) is 5.91 Å². The van der Waals surface area contributed by atoms with E-state index in [1.54, 1.807) is 13.1 Å². The van der Waals surface area contributed by atoms with Crippen LogP contribution in [0, 0.1) is 13.8 Å². The number of nitrogens with zero attached hydrogens (tertiary/aromatic N) is 2. The number of pyridine rings is 1. The van der Waals surface area contributed by atoms with Gasteiger partial charge in [-0.05, 0) is 26.7 Å². The highest BCUT2D eigenvalue weighted by molar-refractivity contribution is 6.03. The summed E-state index contributed by atoms with van der Waals surface area (Å²) in [5.41, 5.74) is 1.28. The smallest absolute Gasteiger partial charge is 0.262 e. The molecule has 2 N–H and O–H groups in total. The Balaban J connectivity index is 1.80. The van der Waals surface area contributed by atoms with Crippen LogP contribution in [0.3, 0.4) is 0 Å². The lowest BCUT2D eigenvalue weighted by Gasteiger charge is -2.21. The standard InChI is InChI=1S/C17H22N4O2/c1-11-8-18-9-14(15(11)22)17(23)19-16-12(2)10-21(20-16)13-6-4-3-5-7-13/h8-10,13H,3-7H2,1-2H3,(H,18,22)(H,19,20,23). The first-order chi connectivity index (χ1) is 11.1. The molecule has 0 spiro atoms. The Bertz CT molecular complexity index is 769. The third-order valence-electron chi connectivity index (χ3n) is 4.47. The molecule has 1 fully saturated rings. The van der Waals surface area contributed by atoms with Crippen LogP contribution in [0.1, 0.15) is 59.6 Å². The van der Waals surface area contributed by atoms with E-state index in [4.69, 9.17) is 0 Å². The van der Waals surface area contributed by atoms with Crippen molar-refractivity contribution in [2.24, 2.45) is 0 Å². The van der Waals surface area contributed by atoms with E-state index in [1.165, 1.54) is 25.5 Å². The minimum absolute atomic E-state index is 0.108. The highest BCUT2D eigenvalue weighted by Crippen LogP contribution is 2.29. The number of aromatic nitrogens is 3. The van der Waals surface area contributed by atoms with Crippen molar-refractivity contribution >= 4 is 11.7 Å². The van der Waals surface area contributed by atoms with Crippen molar-refractivity contribution < 1.29 is 4.79 Å². The maximum atomic E-state index is 12.3. The van der Waals surface area contributed by atoms with E-state index in [-0.39, 0.29) is 11.0 Å². The average Bonchev–Trinajstić information content (AvgIpc) is 2.92. The van der Waals surface area contributed by atoms with Gasteiger partial charge in [0.2, 0.25) is 0 Å². The van der Waals surface area contributed by atoms with Gasteiger partial charge >= 0.3 is 0 Å². The zero-order valence-electron chi connectivity index (χ0n) is 13.6. The lowest BCUT2D eigenvalue weighted by molar-refractivity contribution is 0.102. The largest absolute Gasteiger partial charge is 0.366 e. The second kappa shape index (κ2) is 6.40. The molecule has 2 heterocycles. The van der Waals surface area contributed by atoms with Crippen LogP contribution in [0.25, 0.3) is 0 Å². The molecule has 1 aliphatic carbocycles. The SMILES string of the molecule is Cc1cn(C2CCCCC2)nc1NC(=O)c1c[nH]cc(C)c1=O. The number of carbonyl (C=O) groups excluding carboxylic acids is 1. The second-order valence-electron chi connectivity index (χ2n) is 6.27. The van der Waals surface area contributed by atoms with Crippen molar-refractivity contribution in [1.29, 1.82) is 0 Å². The Hall–Kier alpha value is -2.37. The third-order valence-corrected chi connectivity index (χ3v) is 4.47. The van der Waals surface area contributed by atoms with Crippen LogP contribution in [-0.2, 0) is 0 Å². The molecule has 6 heteroatoms. The number of amides is 1. The van der Waals surface area contributed by atoms with Crippen molar-refractivity contribution in [2.45, 2.75) is 52.0 Å². The fourth-order valence-corrected chi connectivity index (χ4v) is 3.08. The van der Waals surface area contributed by atoms with E-state index in [2.05, 4.69) is 15.4 Å². The topological polar surface area (TPSA) is 79.8 Å². The summed E-state index contributed by atoms with van der Waals surface area (Å²) >= 11 is 0. The fourth-order valence-electron chi connectivity index (χ4n) is 3.08. The first-order valence-corrected chi connectivity index (χ1v) is 8.11. The molecule has 0 aromatic carbocycles. The summed E-state index contributed by atoms with van der Waals surface area (Å²) in [6, 6.07) is 0.412. The fraction of sp³-hybridized carbons (Fsp3) is 0.471. The van der Waals surface area contributed by atoms with Crippen LogP contribution >= 0.6 is 0 Å². The predicted molar refractivity (Wildman–Crippen MR) is 88.8 cm³/mol. The Kier molecular flexibility index (Phi) is 4.32. The number of hydrogen-bond donors (Lipinski definition) is 2. The Labute approximate surface area is 134 Å². The summed E-state index contributed by atoms with van der Waals surface area (Å²) in [5, 5.41) is 7.29. The van der Waals surface area contributed by atoms with Crippen molar-refractivity contribution in [1.82, 2.24) is 14.8 Å². The number of hydrogen-bond acceptors (Lipinski definition) is 3. The van der Waals surface area contributed by atoms with Crippen LogP contribution < -0.4 is 10.7 Å². The van der Waals surface area contributed by atoms with Gasteiger partial charge in [-0.1, -0.05) is 19.3 Å². The molecular formula is C17H22N4O2.